The summed E-state index contributed by atoms with van der Waals surface area (Å²) >= 11 is 0. The van der Waals surface area contributed by atoms with Crippen LogP contribution in [0.3, 0.4) is 0 Å². The smallest absolute Gasteiger partial charge is 0.410 e. The van der Waals surface area contributed by atoms with Gasteiger partial charge in [0.25, 0.3) is 5.91 Å². The highest BCUT2D eigenvalue weighted by Crippen LogP contribution is 2.41. The summed E-state index contributed by atoms with van der Waals surface area (Å²) in [6.07, 6.45) is 8.76. The number of aromatic amines is 1. The highest BCUT2D eigenvalue weighted by Gasteiger charge is 2.44. The molecule has 2 unspecified atom stereocenters. The van der Waals surface area contributed by atoms with Crippen LogP contribution in [-0.2, 0) is 31.2 Å². The topological polar surface area (TPSA) is 216 Å². The summed E-state index contributed by atoms with van der Waals surface area (Å²) in [5.74, 6) is 2.29. The van der Waals surface area contributed by atoms with E-state index in [1.54, 1.807) is 56.1 Å². The number of piperazine rings is 2. The second-order valence-corrected chi connectivity index (χ2v) is 29.6. The van der Waals surface area contributed by atoms with Crippen molar-refractivity contribution in [1.29, 1.82) is 0 Å². The number of anilines is 4. The lowest BCUT2D eigenvalue weighted by Gasteiger charge is -2.48. The Morgan fingerprint density at radius 1 is 0.839 bits per heavy atom. The lowest BCUT2D eigenvalue weighted by molar-refractivity contribution is -0.121. The number of rotatable bonds is 16. The first-order valence-corrected chi connectivity index (χ1v) is 32.1. The fourth-order valence-corrected chi connectivity index (χ4v) is 13.7. The number of halogens is 1. The Balaban J connectivity index is 0.728. The Hall–Kier alpha value is -7.30. The highest BCUT2D eigenvalue weighted by atomic mass is 32.2. The first-order chi connectivity index (χ1) is 41.1. The van der Waals surface area contributed by atoms with Crippen LogP contribution in [0.4, 0.5) is 32.3 Å². The number of aromatic nitrogens is 6. The number of nitrogens with zero attached hydrogens (tertiary/aromatic N) is 11. The predicted molar refractivity (Wildman–Crippen MR) is 335 cm³/mol. The molecular formula is C65H86FN13O7S. The summed E-state index contributed by atoms with van der Waals surface area (Å²) in [5, 5.41) is 11.1. The molecule has 2 aromatic carbocycles. The molecule has 3 atom stereocenters. The number of hydrogen-bond acceptors (Lipinski definition) is 16. The second kappa shape index (κ2) is 25.1. The van der Waals surface area contributed by atoms with E-state index in [9.17, 15) is 27.2 Å². The van der Waals surface area contributed by atoms with Gasteiger partial charge in [-0.15, -0.1) is 0 Å². The lowest BCUT2D eigenvalue weighted by Crippen LogP contribution is -2.65. The van der Waals surface area contributed by atoms with E-state index in [4.69, 9.17) is 19.4 Å². The number of fused-ring (bicyclic) bond motifs is 2. The number of benzene rings is 2. The predicted octanol–water partition coefficient (Wildman–Crippen LogP) is 9.66. The van der Waals surface area contributed by atoms with E-state index in [0.29, 0.717) is 92.9 Å². The van der Waals surface area contributed by atoms with E-state index >= 15 is 0 Å². The Bertz CT molecular complexity index is 3600. The van der Waals surface area contributed by atoms with Gasteiger partial charge in [0, 0.05) is 112 Å². The van der Waals surface area contributed by atoms with Gasteiger partial charge in [-0.3, -0.25) is 29.5 Å². The number of carbonyl (C=O) groups excluding carboxylic acids is 3. The molecule has 3 amide bonds. The molecule has 4 aliphatic heterocycles. The third kappa shape index (κ3) is 14.0. The van der Waals surface area contributed by atoms with Crippen molar-refractivity contribution in [2.24, 2.45) is 5.92 Å². The Morgan fingerprint density at radius 2 is 1.59 bits per heavy atom. The van der Waals surface area contributed by atoms with Crippen LogP contribution in [-0.4, -0.2) is 177 Å². The summed E-state index contributed by atoms with van der Waals surface area (Å²) in [4.78, 5) is 73.7. The van der Waals surface area contributed by atoms with E-state index in [-0.39, 0.29) is 64.5 Å². The minimum Gasteiger partial charge on any atom is -0.492 e. The minimum absolute atomic E-state index is 0.0126. The molecule has 466 valence electrons. The summed E-state index contributed by atoms with van der Waals surface area (Å²) in [6, 6.07) is 15.2. The van der Waals surface area contributed by atoms with Gasteiger partial charge in [-0.25, -0.2) is 32.6 Å². The van der Waals surface area contributed by atoms with Crippen LogP contribution >= 0.6 is 0 Å². The van der Waals surface area contributed by atoms with E-state index < -0.39 is 20.2 Å². The van der Waals surface area contributed by atoms with E-state index in [1.165, 1.54) is 18.5 Å². The number of nitrogens with one attached hydrogen (secondary N) is 2. The van der Waals surface area contributed by atoms with Gasteiger partial charge in [-0.2, -0.15) is 5.10 Å². The molecule has 3 fully saturated rings. The molecule has 4 aromatic heterocycles. The van der Waals surface area contributed by atoms with Gasteiger partial charge in [-0.1, -0.05) is 26.0 Å². The zero-order valence-electron chi connectivity index (χ0n) is 52.6. The fourth-order valence-electron chi connectivity index (χ4n) is 12.4. The summed E-state index contributed by atoms with van der Waals surface area (Å²) in [5.41, 5.74) is 5.36. The molecular weight excluding hydrogens is 1130 g/mol. The van der Waals surface area contributed by atoms with Gasteiger partial charge in [0.15, 0.2) is 9.84 Å². The monoisotopic (exact) mass is 1210 g/mol. The van der Waals surface area contributed by atoms with Crippen molar-refractivity contribution in [2.45, 2.75) is 154 Å². The maximum atomic E-state index is 14.7. The molecule has 0 radical (unpaired) electrons. The molecule has 8 heterocycles. The SMILES string of the molecule is Cc1n[nH]c(Nc2ncnc3cc(OCCCC4CCN(c5ccc(C(=O)N6CCN(CC7CN(C(=O)OC(C)(C)C)C(C)CN7CC(=O)N7CC(C)(C)c8ncc(Cc9ccc(F)cc9)cc87)[C@H](C)C6)cn5)CC4)c(S(=O)(=O)C(C)(C)C)cc23)c1C. The maximum Gasteiger partial charge on any atom is 0.410 e. The number of aryl methyl sites for hydroxylation is 1. The Labute approximate surface area is 511 Å². The van der Waals surface area contributed by atoms with Crippen molar-refractivity contribution in [3.63, 3.8) is 0 Å². The number of hydrogen-bond donors (Lipinski definition) is 2. The maximum absolute atomic E-state index is 14.7. The van der Waals surface area contributed by atoms with Gasteiger partial charge in [0.05, 0.1) is 46.1 Å². The van der Waals surface area contributed by atoms with Gasteiger partial charge >= 0.3 is 6.09 Å². The van der Waals surface area contributed by atoms with Crippen LogP contribution in [0.25, 0.3) is 10.9 Å². The molecule has 87 heavy (non-hydrogen) atoms. The average molecular weight is 1210 g/mol. The molecule has 2 N–H and O–H groups in total. The van der Waals surface area contributed by atoms with E-state index in [1.807, 2.05) is 75.7 Å². The number of sulfone groups is 1. The lowest BCUT2D eigenvalue weighted by atomic mass is 9.91. The van der Waals surface area contributed by atoms with E-state index in [2.05, 4.69) is 61.0 Å². The first kappa shape index (κ1) is 62.7. The van der Waals surface area contributed by atoms with Crippen LogP contribution in [0, 0.1) is 25.6 Å². The number of ether oxygens (including phenoxy) is 2. The molecule has 0 saturated carbocycles. The van der Waals surface area contributed by atoms with Gasteiger partial charge in [0.2, 0.25) is 5.91 Å². The van der Waals surface area contributed by atoms with Crippen molar-refractivity contribution < 1.29 is 36.7 Å². The van der Waals surface area contributed by atoms with Crippen LogP contribution in [0.1, 0.15) is 133 Å². The molecule has 4 aliphatic rings. The standard InChI is InChI=1S/C65H86FN13O7S/c1-41-34-76(26-25-75(41)36-50-37-78(62(82)86-63(5,6)7)42(2)35-77(50)38-57(80)79-39-65(11,12)58-53(79)29-47(32-68-58)28-46-15-18-49(66)19-16-46)61(81)48-17-20-56(67-33-48)74-23-21-45(22-24-74)14-13-27-85-54-31-52-51(30-55(54)87(83,84)64(8,9)10)60(70-40-69-52)71-59-43(3)44(4)72-73-59/h15-20,29-33,40-42,45,50H,13-14,21-28,34-39H2,1-12H3,(H2,69,70,71,72,73)/t41-,42?,50?/m1/s1. The van der Waals surface area contributed by atoms with Gasteiger partial charge in [-0.05, 0) is 155 Å². The molecule has 0 bridgehead atoms. The summed E-state index contributed by atoms with van der Waals surface area (Å²) in [7, 11) is -3.83. The highest BCUT2D eigenvalue weighted by molar-refractivity contribution is 7.92. The zero-order valence-corrected chi connectivity index (χ0v) is 53.4. The normalized spacial score (nSPS) is 19.8. The number of piperidine rings is 1. The first-order valence-electron chi connectivity index (χ1n) is 30.6. The third-order valence-electron chi connectivity index (χ3n) is 17.7. The molecule has 22 heteroatoms. The quantitative estimate of drug-likeness (QED) is 0.0863. The largest absolute Gasteiger partial charge is 0.492 e. The number of carbonyl (C=O) groups is 3. The molecule has 0 spiro atoms. The minimum atomic E-state index is -3.83. The van der Waals surface area contributed by atoms with Crippen LogP contribution in [0.2, 0.25) is 0 Å². The van der Waals surface area contributed by atoms with Crippen molar-refractivity contribution in [3.8, 4) is 5.75 Å². The second-order valence-electron chi connectivity index (χ2n) is 27.0. The zero-order chi connectivity index (χ0) is 62.3. The van der Waals surface area contributed by atoms with Crippen molar-refractivity contribution in [2.75, 3.05) is 87.2 Å². The number of pyridine rings is 2. The summed E-state index contributed by atoms with van der Waals surface area (Å²) < 4.78 is 53.0. The van der Waals surface area contributed by atoms with Crippen LogP contribution in [0.5, 0.6) is 5.75 Å². The number of amides is 3. The third-order valence-corrected chi connectivity index (χ3v) is 20.2. The van der Waals surface area contributed by atoms with Crippen molar-refractivity contribution >= 4 is 61.8 Å². The van der Waals surface area contributed by atoms with Crippen molar-refractivity contribution in [3.05, 3.63) is 113 Å². The number of H-pyrrole nitrogens is 1. The average Bonchev–Trinajstić information content (AvgIpc) is 1.91. The molecule has 6 aromatic rings. The van der Waals surface area contributed by atoms with Crippen molar-refractivity contribution in [1.82, 2.24) is 49.7 Å². The van der Waals surface area contributed by atoms with E-state index in [0.717, 1.165) is 78.4 Å². The Morgan fingerprint density at radius 3 is 2.25 bits per heavy atom. The Kier molecular flexibility index (Phi) is 18.1. The summed E-state index contributed by atoms with van der Waals surface area (Å²) in [6.45, 7) is 28.5. The molecule has 3 saturated heterocycles. The molecule has 10 rings (SSSR count). The fraction of sp³-hybridized carbons (Fsp3) is 0.538. The van der Waals surface area contributed by atoms with Crippen LogP contribution in [0.15, 0.2) is 78.2 Å². The molecule has 20 nitrogen and oxygen atoms in total. The molecule has 0 aliphatic carbocycles. The van der Waals surface area contributed by atoms with Crippen LogP contribution < -0.4 is 19.9 Å². The van der Waals surface area contributed by atoms with Gasteiger partial charge in [0.1, 0.15) is 45.8 Å². The van der Waals surface area contributed by atoms with Gasteiger partial charge < -0.3 is 34.4 Å².